The molecule has 0 saturated carbocycles. The van der Waals surface area contributed by atoms with Gasteiger partial charge in [-0.05, 0) is 38.4 Å². The van der Waals surface area contributed by atoms with Crippen LogP contribution in [0.4, 0.5) is 11.4 Å². The molecule has 1 N–H and O–H groups in total. The molecule has 1 aliphatic heterocycles. The molecule has 1 saturated heterocycles. The van der Waals surface area contributed by atoms with E-state index in [0.717, 1.165) is 38.2 Å². The fourth-order valence-corrected chi connectivity index (χ4v) is 2.70. The molecule has 1 aromatic carbocycles. The Balaban J connectivity index is 2.32. The molecule has 2 rings (SSSR count). The summed E-state index contributed by atoms with van der Waals surface area (Å²) >= 11 is 0. The number of hydrogen-bond donors (Lipinski definition) is 1. The first-order valence-corrected chi connectivity index (χ1v) is 6.83. The Bertz CT molecular complexity index is 532. The van der Waals surface area contributed by atoms with E-state index >= 15 is 0 Å². The second-order valence-electron chi connectivity index (χ2n) is 4.86. The van der Waals surface area contributed by atoms with E-state index in [1.807, 2.05) is 13.0 Å². The molecule has 0 radical (unpaired) electrons. The minimum Gasteiger partial charge on any atom is -0.367 e. The van der Waals surface area contributed by atoms with Crippen LogP contribution >= 0.6 is 0 Å². The largest absolute Gasteiger partial charge is 0.367 e. The van der Waals surface area contributed by atoms with Crippen LogP contribution in [0.2, 0.25) is 0 Å². The molecule has 0 bridgehead atoms. The summed E-state index contributed by atoms with van der Waals surface area (Å²) in [5.74, 6) is 0. The topological polar surface area (TPSA) is 82.2 Å². The van der Waals surface area contributed by atoms with Crippen LogP contribution in [0.1, 0.15) is 25.3 Å². The standard InChI is InChI=1S/C14H18N4O2/c1-2-17(13-4-3-7-16-10-13)12-6-5-11(9-15)14(8-12)18(19)20/h5-6,8,13,16H,2-4,7,10H2,1H3. The van der Waals surface area contributed by atoms with Crippen LogP contribution in [-0.4, -0.2) is 30.6 Å². The number of nitriles is 1. The minimum absolute atomic E-state index is 0.108. The Morgan fingerprint density at radius 3 is 2.95 bits per heavy atom. The van der Waals surface area contributed by atoms with Crippen molar-refractivity contribution in [1.29, 1.82) is 5.26 Å². The van der Waals surface area contributed by atoms with Crippen molar-refractivity contribution in [3.8, 4) is 6.07 Å². The van der Waals surface area contributed by atoms with Crippen molar-refractivity contribution in [3.05, 3.63) is 33.9 Å². The summed E-state index contributed by atoms with van der Waals surface area (Å²) in [5, 5.41) is 23.3. The Kier molecular flexibility index (Phi) is 4.53. The number of anilines is 1. The van der Waals surface area contributed by atoms with E-state index in [1.165, 1.54) is 12.1 Å². The van der Waals surface area contributed by atoms with Crippen LogP contribution in [0.15, 0.2) is 18.2 Å². The summed E-state index contributed by atoms with van der Waals surface area (Å²) in [5.41, 5.74) is 0.802. The van der Waals surface area contributed by atoms with Crippen LogP contribution in [0.25, 0.3) is 0 Å². The lowest BCUT2D eigenvalue weighted by atomic mass is 10.0. The van der Waals surface area contributed by atoms with Gasteiger partial charge in [0.15, 0.2) is 0 Å². The Morgan fingerprint density at radius 2 is 2.40 bits per heavy atom. The van der Waals surface area contributed by atoms with Gasteiger partial charge in [0.2, 0.25) is 0 Å². The number of nitrogens with zero attached hydrogens (tertiary/aromatic N) is 3. The molecule has 0 aliphatic carbocycles. The molecule has 1 heterocycles. The number of hydrogen-bond acceptors (Lipinski definition) is 5. The van der Waals surface area contributed by atoms with Crippen LogP contribution < -0.4 is 10.2 Å². The van der Waals surface area contributed by atoms with Crippen molar-refractivity contribution in [2.45, 2.75) is 25.8 Å². The van der Waals surface area contributed by atoms with Gasteiger partial charge in [-0.3, -0.25) is 10.1 Å². The fraction of sp³-hybridized carbons (Fsp3) is 0.500. The van der Waals surface area contributed by atoms with E-state index in [4.69, 9.17) is 5.26 Å². The van der Waals surface area contributed by atoms with Gasteiger partial charge < -0.3 is 10.2 Å². The third-order valence-corrected chi connectivity index (χ3v) is 3.68. The molecule has 1 atom stereocenters. The highest BCUT2D eigenvalue weighted by atomic mass is 16.6. The molecule has 6 heteroatoms. The summed E-state index contributed by atoms with van der Waals surface area (Å²) in [7, 11) is 0. The van der Waals surface area contributed by atoms with Crippen LogP contribution in [-0.2, 0) is 0 Å². The van der Waals surface area contributed by atoms with Gasteiger partial charge in [-0.1, -0.05) is 0 Å². The van der Waals surface area contributed by atoms with Gasteiger partial charge in [0.05, 0.1) is 4.92 Å². The molecule has 20 heavy (non-hydrogen) atoms. The SMILES string of the molecule is CCN(c1ccc(C#N)c([N+](=O)[O-])c1)C1CCCNC1. The number of likely N-dealkylation sites (N-methyl/N-ethyl adjacent to an activating group) is 1. The summed E-state index contributed by atoms with van der Waals surface area (Å²) < 4.78 is 0. The van der Waals surface area contributed by atoms with Crippen molar-refractivity contribution in [2.75, 3.05) is 24.5 Å². The van der Waals surface area contributed by atoms with Crippen molar-refractivity contribution >= 4 is 11.4 Å². The molecule has 1 aromatic rings. The lowest BCUT2D eigenvalue weighted by Crippen LogP contribution is -2.46. The average Bonchev–Trinajstić information content (AvgIpc) is 2.49. The second kappa shape index (κ2) is 6.35. The van der Waals surface area contributed by atoms with E-state index in [2.05, 4.69) is 10.2 Å². The first kappa shape index (κ1) is 14.3. The predicted molar refractivity (Wildman–Crippen MR) is 76.7 cm³/mol. The van der Waals surface area contributed by atoms with Crippen LogP contribution in [0.5, 0.6) is 0 Å². The molecule has 0 spiro atoms. The molecule has 1 unspecified atom stereocenters. The first-order chi connectivity index (χ1) is 9.67. The zero-order valence-electron chi connectivity index (χ0n) is 11.5. The number of nitro groups is 1. The normalized spacial score (nSPS) is 18.3. The molecule has 6 nitrogen and oxygen atoms in total. The maximum absolute atomic E-state index is 11.0. The van der Waals surface area contributed by atoms with Crippen molar-refractivity contribution in [3.63, 3.8) is 0 Å². The van der Waals surface area contributed by atoms with E-state index in [-0.39, 0.29) is 11.3 Å². The molecule has 0 amide bonds. The molecule has 106 valence electrons. The van der Waals surface area contributed by atoms with Gasteiger partial charge in [-0.25, -0.2) is 0 Å². The Hall–Kier alpha value is -2.13. The number of benzene rings is 1. The van der Waals surface area contributed by atoms with Crippen molar-refractivity contribution < 1.29 is 4.92 Å². The van der Waals surface area contributed by atoms with Gasteiger partial charge >= 0.3 is 0 Å². The van der Waals surface area contributed by atoms with Crippen LogP contribution in [0, 0.1) is 21.4 Å². The zero-order valence-corrected chi connectivity index (χ0v) is 11.5. The van der Waals surface area contributed by atoms with Crippen molar-refractivity contribution in [1.82, 2.24) is 5.32 Å². The van der Waals surface area contributed by atoms with E-state index in [9.17, 15) is 10.1 Å². The minimum atomic E-state index is -0.491. The van der Waals surface area contributed by atoms with E-state index < -0.39 is 4.92 Å². The second-order valence-corrected chi connectivity index (χ2v) is 4.86. The molecular weight excluding hydrogens is 256 g/mol. The number of rotatable bonds is 4. The monoisotopic (exact) mass is 274 g/mol. The smallest absolute Gasteiger partial charge is 0.289 e. The molecular formula is C14H18N4O2. The van der Waals surface area contributed by atoms with E-state index in [1.54, 1.807) is 6.07 Å². The summed E-state index contributed by atoms with van der Waals surface area (Å²) in [4.78, 5) is 12.7. The summed E-state index contributed by atoms with van der Waals surface area (Å²) in [6, 6.07) is 7.06. The Morgan fingerprint density at radius 1 is 1.60 bits per heavy atom. The van der Waals surface area contributed by atoms with Crippen LogP contribution in [0.3, 0.4) is 0 Å². The highest BCUT2D eigenvalue weighted by molar-refractivity contribution is 5.60. The van der Waals surface area contributed by atoms with Gasteiger partial charge in [0.25, 0.3) is 5.69 Å². The molecule has 0 aromatic heterocycles. The fourth-order valence-electron chi connectivity index (χ4n) is 2.70. The van der Waals surface area contributed by atoms with Gasteiger partial charge in [0.1, 0.15) is 11.6 Å². The third kappa shape index (κ3) is 2.89. The maximum atomic E-state index is 11.0. The van der Waals surface area contributed by atoms with E-state index in [0.29, 0.717) is 6.04 Å². The first-order valence-electron chi connectivity index (χ1n) is 6.83. The average molecular weight is 274 g/mol. The van der Waals surface area contributed by atoms with Crippen molar-refractivity contribution in [2.24, 2.45) is 0 Å². The zero-order chi connectivity index (χ0) is 14.5. The summed E-state index contributed by atoms with van der Waals surface area (Å²) in [6.07, 6.45) is 2.19. The molecule has 1 fully saturated rings. The number of piperidine rings is 1. The summed E-state index contributed by atoms with van der Waals surface area (Å²) in [6.45, 7) is 4.75. The van der Waals surface area contributed by atoms with Gasteiger partial charge in [-0.2, -0.15) is 5.26 Å². The predicted octanol–water partition coefficient (Wildman–Crippen LogP) is 2.04. The third-order valence-electron chi connectivity index (χ3n) is 3.68. The number of nitrogens with one attached hydrogen (secondary N) is 1. The lowest BCUT2D eigenvalue weighted by molar-refractivity contribution is -0.385. The highest BCUT2D eigenvalue weighted by Gasteiger charge is 2.23. The maximum Gasteiger partial charge on any atom is 0.289 e. The number of nitro benzene ring substituents is 1. The van der Waals surface area contributed by atoms with Gasteiger partial charge in [-0.15, -0.1) is 0 Å². The quantitative estimate of drug-likeness (QED) is 0.671. The molecule has 1 aliphatic rings. The highest BCUT2D eigenvalue weighted by Crippen LogP contribution is 2.27. The Labute approximate surface area is 118 Å². The lowest BCUT2D eigenvalue weighted by Gasteiger charge is -2.35. The van der Waals surface area contributed by atoms with Gasteiger partial charge in [0, 0.05) is 30.9 Å².